The van der Waals surface area contributed by atoms with Crippen LogP contribution in [-0.2, 0) is 4.79 Å². The highest BCUT2D eigenvalue weighted by atomic mass is 16.4. The number of hydrogen-bond acceptors (Lipinski definition) is 4. The third-order valence-corrected chi connectivity index (χ3v) is 5.22. The first-order valence-electron chi connectivity index (χ1n) is 9.56. The van der Waals surface area contributed by atoms with Crippen LogP contribution in [0.25, 0.3) is 11.3 Å². The second kappa shape index (κ2) is 8.48. The van der Waals surface area contributed by atoms with Crippen molar-refractivity contribution in [2.24, 2.45) is 0 Å². The number of urea groups is 1. The fraction of sp³-hybridized carbons (Fsp3) is 0.429. The zero-order chi connectivity index (χ0) is 20.3. The number of amides is 2. The lowest BCUT2D eigenvalue weighted by molar-refractivity contribution is -0.139. The topological polar surface area (TPSA) is 94.8 Å². The third kappa shape index (κ3) is 4.72. The Morgan fingerprint density at radius 1 is 1.21 bits per heavy atom. The zero-order valence-corrected chi connectivity index (χ0v) is 16.5. The van der Waals surface area contributed by atoms with E-state index in [-0.39, 0.29) is 24.7 Å². The molecule has 150 valence electrons. The zero-order valence-electron chi connectivity index (χ0n) is 16.5. The molecule has 0 spiro atoms. The molecule has 2 amide bonds. The largest absolute Gasteiger partial charge is 0.480 e. The Kier molecular flexibility index (Phi) is 6.04. The Balaban J connectivity index is 1.55. The van der Waals surface area contributed by atoms with Crippen molar-refractivity contribution in [3.8, 4) is 11.3 Å². The van der Waals surface area contributed by atoms with Gasteiger partial charge in [0.2, 0.25) is 0 Å². The smallest absolute Gasteiger partial charge is 0.319 e. The number of likely N-dealkylation sites (N-methyl/N-ethyl adjacent to an activating group) is 1. The average molecular weight is 385 g/mol. The standard InChI is InChI=1S/C21H27N3O4/c1-4-24(12-20(25)26)17-10-16(11-17)22-21(27)23-18-9-15(7-5-13(18)2)19-8-6-14(3)28-19/h5-9,16-17H,4,10-12H2,1-3H3,(H,25,26)(H2,22,23,27). The second-order valence-corrected chi connectivity index (χ2v) is 7.32. The number of carboxylic acid groups (broad SMARTS) is 1. The highest BCUT2D eigenvalue weighted by Crippen LogP contribution is 2.28. The third-order valence-electron chi connectivity index (χ3n) is 5.22. The average Bonchev–Trinajstić information content (AvgIpc) is 3.04. The van der Waals surface area contributed by atoms with Crippen LogP contribution in [0.4, 0.5) is 10.5 Å². The number of nitrogens with one attached hydrogen (secondary N) is 2. The van der Waals surface area contributed by atoms with Crippen LogP contribution >= 0.6 is 0 Å². The summed E-state index contributed by atoms with van der Waals surface area (Å²) in [4.78, 5) is 25.2. The molecule has 7 nitrogen and oxygen atoms in total. The normalized spacial score (nSPS) is 18.6. The van der Waals surface area contributed by atoms with E-state index < -0.39 is 5.97 Å². The number of carbonyl (C=O) groups is 2. The molecule has 1 saturated carbocycles. The van der Waals surface area contributed by atoms with Crippen molar-refractivity contribution in [3.63, 3.8) is 0 Å². The van der Waals surface area contributed by atoms with Crippen molar-refractivity contribution < 1.29 is 19.1 Å². The molecule has 1 heterocycles. The maximum Gasteiger partial charge on any atom is 0.319 e. The Hall–Kier alpha value is -2.80. The summed E-state index contributed by atoms with van der Waals surface area (Å²) in [6.45, 7) is 6.52. The Bertz CT molecular complexity index is 855. The minimum atomic E-state index is -0.821. The number of carbonyl (C=O) groups excluding carboxylic acids is 1. The molecule has 28 heavy (non-hydrogen) atoms. The molecule has 3 N–H and O–H groups in total. The summed E-state index contributed by atoms with van der Waals surface area (Å²) in [5, 5.41) is 14.9. The Morgan fingerprint density at radius 3 is 2.57 bits per heavy atom. The lowest BCUT2D eigenvalue weighted by Gasteiger charge is -2.42. The summed E-state index contributed by atoms with van der Waals surface area (Å²) in [7, 11) is 0. The van der Waals surface area contributed by atoms with E-state index in [0.717, 1.165) is 41.2 Å². The first kappa shape index (κ1) is 19.9. The fourth-order valence-electron chi connectivity index (χ4n) is 3.52. The predicted molar refractivity (Wildman–Crippen MR) is 107 cm³/mol. The maximum atomic E-state index is 12.4. The quantitative estimate of drug-likeness (QED) is 0.677. The molecular weight excluding hydrogens is 358 g/mol. The van der Waals surface area contributed by atoms with Gasteiger partial charge in [0.15, 0.2) is 0 Å². The van der Waals surface area contributed by atoms with Crippen molar-refractivity contribution in [1.29, 1.82) is 0 Å². The summed E-state index contributed by atoms with van der Waals surface area (Å²) < 4.78 is 5.66. The van der Waals surface area contributed by atoms with E-state index in [1.165, 1.54) is 0 Å². The molecule has 1 aromatic carbocycles. The van der Waals surface area contributed by atoms with Gasteiger partial charge in [0.25, 0.3) is 0 Å². The highest BCUT2D eigenvalue weighted by molar-refractivity contribution is 5.91. The number of hydrogen-bond donors (Lipinski definition) is 3. The van der Waals surface area contributed by atoms with E-state index in [0.29, 0.717) is 6.54 Å². The second-order valence-electron chi connectivity index (χ2n) is 7.32. The molecule has 1 fully saturated rings. The SMILES string of the molecule is CCN(CC(=O)O)C1CC(NC(=O)Nc2cc(-c3ccc(C)o3)ccc2C)C1. The van der Waals surface area contributed by atoms with E-state index in [2.05, 4.69) is 10.6 Å². The van der Waals surface area contributed by atoms with Gasteiger partial charge in [0, 0.05) is 23.3 Å². The summed E-state index contributed by atoms with van der Waals surface area (Å²) in [6, 6.07) is 9.66. The summed E-state index contributed by atoms with van der Waals surface area (Å²) in [6.07, 6.45) is 1.53. The summed E-state index contributed by atoms with van der Waals surface area (Å²) in [5.41, 5.74) is 2.61. The van der Waals surface area contributed by atoms with Gasteiger partial charge in [-0.25, -0.2) is 4.79 Å². The van der Waals surface area contributed by atoms with E-state index in [9.17, 15) is 9.59 Å². The predicted octanol–water partition coefficient (Wildman–Crippen LogP) is 3.62. The highest BCUT2D eigenvalue weighted by Gasteiger charge is 2.34. The maximum absolute atomic E-state index is 12.4. The van der Waals surface area contributed by atoms with Crippen LogP contribution < -0.4 is 10.6 Å². The van der Waals surface area contributed by atoms with Gasteiger partial charge in [-0.05, 0) is 57.0 Å². The van der Waals surface area contributed by atoms with Gasteiger partial charge in [-0.15, -0.1) is 0 Å². The number of anilines is 1. The monoisotopic (exact) mass is 385 g/mol. The first-order valence-corrected chi connectivity index (χ1v) is 9.56. The molecule has 0 aliphatic heterocycles. The van der Waals surface area contributed by atoms with Gasteiger partial charge in [-0.3, -0.25) is 9.69 Å². The van der Waals surface area contributed by atoms with Crippen LogP contribution in [0.15, 0.2) is 34.7 Å². The van der Waals surface area contributed by atoms with Gasteiger partial charge in [-0.1, -0.05) is 19.1 Å². The van der Waals surface area contributed by atoms with E-state index in [1.54, 1.807) is 0 Å². The lowest BCUT2D eigenvalue weighted by Crippen LogP contribution is -2.55. The van der Waals surface area contributed by atoms with Crippen LogP contribution in [-0.4, -0.2) is 47.2 Å². The molecule has 2 aromatic rings. The number of furan rings is 1. The number of aryl methyl sites for hydroxylation is 2. The molecular formula is C21H27N3O4. The summed E-state index contributed by atoms with van der Waals surface area (Å²) >= 11 is 0. The van der Waals surface area contributed by atoms with Gasteiger partial charge in [0.1, 0.15) is 11.5 Å². The minimum absolute atomic E-state index is 0.0400. The van der Waals surface area contributed by atoms with Crippen molar-refractivity contribution in [1.82, 2.24) is 10.2 Å². The lowest BCUT2D eigenvalue weighted by atomic mass is 9.85. The van der Waals surface area contributed by atoms with Gasteiger partial charge >= 0.3 is 12.0 Å². The van der Waals surface area contributed by atoms with E-state index in [4.69, 9.17) is 9.52 Å². The van der Waals surface area contributed by atoms with Crippen LogP contribution in [0.2, 0.25) is 0 Å². The molecule has 1 aliphatic rings. The Labute approximate surface area is 164 Å². The van der Waals surface area contributed by atoms with Gasteiger partial charge in [0.05, 0.1) is 6.54 Å². The number of carboxylic acids is 1. The number of rotatable bonds is 7. The number of nitrogens with zero attached hydrogens (tertiary/aromatic N) is 1. The molecule has 1 aromatic heterocycles. The number of aliphatic carboxylic acids is 1. The molecule has 0 unspecified atom stereocenters. The van der Waals surface area contributed by atoms with Crippen molar-refractivity contribution in [2.75, 3.05) is 18.4 Å². The van der Waals surface area contributed by atoms with Crippen LogP contribution in [0.5, 0.6) is 0 Å². The van der Waals surface area contributed by atoms with Crippen molar-refractivity contribution >= 4 is 17.7 Å². The molecule has 0 radical (unpaired) electrons. The van der Waals surface area contributed by atoms with Crippen LogP contribution in [0.3, 0.4) is 0 Å². The Morgan fingerprint density at radius 2 is 1.96 bits per heavy atom. The van der Waals surface area contributed by atoms with Crippen molar-refractivity contribution in [2.45, 2.75) is 45.7 Å². The minimum Gasteiger partial charge on any atom is -0.480 e. The molecule has 0 atom stereocenters. The summed E-state index contributed by atoms with van der Waals surface area (Å²) in [5.74, 6) is 0.783. The molecule has 7 heteroatoms. The van der Waals surface area contributed by atoms with Crippen LogP contribution in [0.1, 0.15) is 31.1 Å². The molecule has 3 rings (SSSR count). The first-order chi connectivity index (χ1) is 13.4. The van der Waals surface area contributed by atoms with Crippen molar-refractivity contribution in [3.05, 3.63) is 41.7 Å². The molecule has 1 aliphatic carbocycles. The van der Waals surface area contributed by atoms with E-state index >= 15 is 0 Å². The van der Waals surface area contributed by atoms with Gasteiger partial charge < -0.3 is 20.2 Å². The molecule has 0 bridgehead atoms. The van der Waals surface area contributed by atoms with Crippen LogP contribution in [0, 0.1) is 13.8 Å². The van der Waals surface area contributed by atoms with E-state index in [1.807, 2.05) is 56.0 Å². The van der Waals surface area contributed by atoms with Gasteiger partial charge in [-0.2, -0.15) is 0 Å². The molecule has 0 saturated heterocycles. The number of benzene rings is 1. The fourth-order valence-corrected chi connectivity index (χ4v) is 3.52.